The fourth-order valence-corrected chi connectivity index (χ4v) is 8.16. The summed E-state index contributed by atoms with van der Waals surface area (Å²) in [4.78, 5) is 33.0. The molecule has 2 aromatic heterocycles. The smallest absolute Gasteiger partial charge is 0.306 e. The van der Waals surface area contributed by atoms with E-state index in [1.165, 1.54) is 0 Å². The van der Waals surface area contributed by atoms with Crippen molar-refractivity contribution in [2.45, 2.75) is 95.2 Å². The minimum Gasteiger partial charge on any atom is -0.481 e. The molecule has 9 nitrogen and oxygen atoms in total. The second-order valence-corrected chi connectivity index (χ2v) is 14.5. The molecule has 220 valence electrons. The van der Waals surface area contributed by atoms with Gasteiger partial charge in [0, 0.05) is 28.9 Å². The number of aromatic nitrogens is 2. The Labute approximate surface area is 241 Å². The molecule has 0 aliphatic heterocycles. The van der Waals surface area contributed by atoms with E-state index in [0.29, 0.717) is 29.8 Å². The van der Waals surface area contributed by atoms with Gasteiger partial charge in [-0.25, -0.2) is 31.9 Å². The Morgan fingerprint density at radius 2 is 1.85 bits per heavy atom. The molecule has 2 fully saturated rings. The Morgan fingerprint density at radius 1 is 1.20 bits per heavy atom. The monoisotopic (exact) mass is 618 g/mol. The summed E-state index contributed by atoms with van der Waals surface area (Å²) in [6.45, 7) is 4.81. The first-order chi connectivity index (χ1) is 18.7. The summed E-state index contributed by atoms with van der Waals surface area (Å²) < 4.78 is 57.2. The van der Waals surface area contributed by atoms with Crippen LogP contribution in [0.2, 0.25) is 5.02 Å². The van der Waals surface area contributed by atoms with Crippen molar-refractivity contribution in [3.8, 4) is 10.4 Å². The van der Waals surface area contributed by atoms with Crippen molar-refractivity contribution in [3.63, 3.8) is 0 Å². The fraction of sp³-hybridized carbons (Fsp3) is 0.615. The zero-order valence-corrected chi connectivity index (χ0v) is 24.9. The van der Waals surface area contributed by atoms with Gasteiger partial charge in [0.2, 0.25) is 0 Å². The Morgan fingerprint density at radius 3 is 2.42 bits per heavy atom. The molecule has 0 saturated heterocycles. The summed E-state index contributed by atoms with van der Waals surface area (Å²) >= 11 is 7.24. The summed E-state index contributed by atoms with van der Waals surface area (Å²) in [5.74, 6) is -1.67. The molecule has 1 amide bonds. The molecule has 0 unspecified atom stereocenters. The largest absolute Gasteiger partial charge is 0.481 e. The summed E-state index contributed by atoms with van der Waals surface area (Å²) in [7, 11) is -4.31. The Balaban J connectivity index is 1.73. The maximum absolute atomic E-state index is 14.5. The highest BCUT2D eigenvalue weighted by Crippen LogP contribution is 2.43. The number of carboxylic acid groups (broad SMARTS) is 1. The molecule has 40 heavy (non-hydrogen) atoms. The number of carbonyl (C=O) groups excluding carboxylic acids is 1. The van der Waals surface area contributed by atoms with Gasteiger partial charge in [-0.15, -0.1) is 11.3 Å². The van der Waals surface area contributed by atoms with Gasteiger partial charge in [-0.05, 0) is 46.0 Å². The number of rotatable bonds is 9. The van der Waals surface area contributed by atoms with Crippen molar-refractivity contribution < 1.29 is 31.9 Å². The van der Waals surface area contributed by atoms with Crippen LogP contribution in [0.1, 0.15) is 93.2 Å². The van der Waals surface area contributed by atoms with Gasteiger partial charge < -0.3 is 10.4 Å². The lowest BCUT2D eigenvalue weighted by Gasteiger charge is -2.32. The number of carbonyl (C=O) groups is 2. The molecule has 3 N–H and O–H groups in total. The third-order valence-corrected chi connectivity index (χ3v) is 10.4. The normalized spacial score (nSPS) is 20.4. The van der Waals surface area contributed by atoms with Crippen molar-refractivity contribution >= 4 is 44.8 Å². The van der Waals surface area contributed by atoms with Crippen LogP contribution in [0.4, 0.5) is 8.78 Å². The zero-order chi connectivity index (χ0) is 29.4. The lowest BCUT2D eigenvalue weighted by Crippen LogP contribution is -2.46. The maximum atomic E-state index is 14.5. The fourth-order valence-electron chi connectivity index (χ4n) is 5.16. The number of pyridine rings is 1. The molecule has 0 bridgehead atoms. The van der Waals surface area contributed by atoms with E-state index in [-0.39, 0.29) is 22.5 Å². The number of amides is 1. The molecule has 0 spiro atoms. The van der Waals surface area contributed by atoms with E-state index < -0.39 is 55.4 Å². The van der Waals surface area contributed by atoms with Gasteiger partial charge in [-0.3, -0.25) is 9.59 Å². The standard InChI is InChI=1S/C26H33ClF2N4O5S2/c1-26(2,3)33-40(37,38)24-19(27)18(21(28)29)16(12-30-24)20-17(9-13-7-5-4-6-8-13)32-23(39-20)22(34)31-15-10-14(11-15)25(35)36/h12-15,21,33H,4-11H2,1-3H3,(H,31,34)(H,35,36)/t14-,15-. The Hall–Kier alpha value is -2.22. The zero-order valence-electron chi connectivity index (χ0n) is 22.5. The molecule has 2 heterocycles. The Kier molecular flexibility index (Phi) is 9.18. The SMILES string of the molecule is CC(C)(C)NS(=O)(=O)c1ncc(-c2sc(C(=O)N[C@H]3C[C@H](C(=O)O)C3)nc2CC2CCCCC2)c(C(F)F)c1Cl. The number of hydrogen-bond donors (Lipinski definition) is 3. The first kappa shape index (κ1) is 30.7. The van der Waals surface area contributed by atoms with E-state index in [1.54, 1.807) is 20.8 Å². The molecule has 0 aromatic carbocycles. The van der Waals surface area contributed by atoms with Crippen LogP contribution in [0.5, 0.6) is 0 Å². The highest BCUT2D eigenvalue weighted by molar-refractivity contribution is 7.89. The molecule has 4 rings (SSSR count). The summed E-state index contributed by atoms with van der Waals surface area (Å²) in [5.41, 5.74) is -1.19. The van der Waals surface area contributed by atoms with Crippen LogP contribution >= 0.6 is 22.9 Å². The second-order valence-electron chi connectivity index (χ2n) is 11.5. The predicted molar refractivity (Wildman–Crippen MR) is 147 cm³/mol. The second kappa shape index (κ2) is 11.9. The first-order valence-electron chi connectivity index (χ1n) is 13.2. The van der Waals surface area contributed by atoms with Crippen LogP contribution in [0.15, 0.2) is 11.2 Å². The quantitative estimate of drug-likeness (QED) is 0.333. The van der Waals surface area contributed by atoms with Crippen LogP contribution in [-0.4, -0.2) is 46.9 Å². The van der Waals surface area contributed by atoms with Crippen molar-refractivity contribution in [3.05, 3.63) is 27.5 Å². The number of hydrogen-bond acceptors (Lipinski definition) is 7. The highest BCUT2D eigenvalue weighted by Gasteiger charge is 2.37. The molecule has 0 atom stereocenters. The van der Waals surface area contributed by atoms with Gasteiger partial charge in [0.05, 0.1) is 21.5 Å². The molecule has 2 aromatic rings. The average Bonchev–Trinajstić information content (AvgIpc) is 3.22. The third kappa shape index (κ3) is 6.97. The lowest BCUT2D eigenvalue weighted by molar-refractivity contribution is -0.145. The van der Waals surface area contributed by atoms with E-state index in [1.807, 2.05) is 0 Å². The molecular weight excluding hydrogens is 586 g/mol. The number of thiazole rings is 1. The number of carboxylic acids is 1. The van der Waals surface area contributed by atoms with Gasteiger partial charge in [-0.2, -0.15) is 0 Å². The minimum atomic E-state index is -4.31. The van der Waals surface area contributed by atoms with Gasteiger partial charge in [0.25, 0.3) is 22.4 Å². The summed E-state index contributed by atoms with van der Waals surface area (Å²) in [6, 6.07) is -0.310. The number of nitrogens with one attached hydrogen (secondary N) is 2. The molecule has 0 radical (unpaired) electrons. The average molecular weight is 619 g/mol. The van der Waals surface area contributed by atoms with E-state index in [2.05, 4.69) is 20.0 Å². The first-order valence-corrected chi connectivity index (χ1v) is 15.9. The van der Waals surface area contributed by atoms with Gasteiger partial charge in [0.1, 0.15) is 0 Å². The lowest BCUT2D eigenvalue weighted by atomic mass is 9.80. The van der Waals surface area contributed by atoms with E-state index in [4.69, 9.17) is 16.7 Å². The van der Waals surface area contributed by atoms with Crippen LogP contribution in [0, 0.1) is 11.8 Å². The van der Waals surface area contributed by atoms with E-state index in [0.717, 1.165) is 49.6 Å². The molecule has 2 aliphatic carbocycles. The van der Waals surface area contributed by atoms with Gasteiger partial charge >= 0.3 is 5.97 Å². The van der Waals surface area contributed by atoms with Crippen molar-refractivity contribution in [2.75, 3.05) is 0 Å². The molecule has 14 heteroatoms. The van der Waals surface area contributed by atoms with Gasteiger partial charge in [-0.1, -0.05) is 43.7 Å². The van der Waals surface area contributed by atoms with Crippen LogP contribution < -0.4 is 10.0 Å². The summed E-state index contributed by atoms with van der Waals surface area (Å²) in [6.07, 6.45) is 4.15. The van der Waals surface area contributed by atoms with Crippen molar-refractivity contribution in [2.24, 2.45) is 11.8 Å². The van der Waals surface area contributed by atoms with Crippen LogP contribution in [0.3, 0.4) is 0 Å². The van der Waals surface area contributed by atoms with E-state index >= 15 is 0 Å². The van der Waals surface area contributed by atoms with Crippen LogP contribution in [0.25, 0.3) is 10.4 Å². The topological polar surface area (TPSA) is 138 Å². The molecular formula is C26H33ClF2N4O5S2. The molecule has 2 aliphatic rings. The van der Waals surface area contributed by atoms with E-state index in [9.17, 15) is 26.8 Å². The van der Waals surface area contributed by atoms with Crippen molar-refractivity contribution in [1.29, 1.82) is 0 Å². The number of nitrogens with zero attached hydrogens (tertiary/aromatic N) is 2. The Bertz CT molecular complexity index is 1380. The maximum Gasteiger partial charge on any atom is 0.306 e. The predicted octanol–water partition coefficient (Wildman–Crippen LogP) is 5.59. The number of alkyl halides is 2. The number of aliphatic carboxylic acids is 1. The number of sulfonamides is 1. The van der Waals surface area contributed by atoms with Gasteiger partial charge in [0.15, 0.2) is 10.0 Å². The van der Waals surface area contributed by atoms with Crippen molar-refractivity contribution in [1.82, 2.24) is 20.0 Å². The highest BCUT2D eigenvalue weighted by atomic mass is 35.5. The van der Waals surface area contributed by atoms with Crippen LogP contribution in [-0.2, 0) is 21.2 Å². The number of halogens is 3. The third-order valence-electron chi connectivity index (χ3n) is 7.10. The summed E-state index contributed by atoms with van der Waals surface area (Å²) in [5, 5.41) is 10.6. The minimum absolute atomic E-state index is 0.0574. The molecule has 2 saturated carbocycles.